The molecule has 0 radical (unpaired) electrons. The van der Waals surface area contributed by atoms with Crippen molar-refractivity contribution < 1.29 is 5.11 Å². The fraction of sp³-hybridized carbons (Fsp3) is 0.625. The highest BCUT2D eigenvalue weighted by molar-refractivity contribution is 5.18. The van der Waals surface area contributed by atoms with Crippen molar-refractivity contribution in [2.45, 2.75) is 38.8 Å². The first-order valence-corrected chi connectivity index (χ1v) is 7.11. The van der Waals surface area contributed by atoms with Gasteiger partial charge >= 0.3 is 0 Å². The second kappa shape index (κ2) is 7.63. The number of hydrogen-bond donors (Lipinski definition) is 2. The number of nitrogens with one attached hydrogen (secondary N) is 1. The average Bonchev–Trinajstić information content (AvgIpc) is 2.44. The second-order valence-electron chi connectivity index (χ2n) is 5.70. The van der Waals surface area contributed by atoms with E-state index in [0.29, 0.717) is 6.04 Å². The van der Waals surface area contributed by atoms with E-state index >= 15 is 0 Å². The van der Waals surface area contributed by atoms with Gasteiger partial charge in [0.1, 0.15) is 0 Å². The van der Waals surface area contributed by atoms with Crippen molar-refractivity contribution >= 4 is 0 Å². The third-order valence-electron chi connectivity index (χ3n) is 3.83. The lowest BCUT2D eigenvalue weighted by atomic mass is 10.0. The van der Waals surface area contributed by atoms with Gasteiger partial charge in [-0.2, -0.15) is 0 Å². The number of aliphatic hydroxyl groups excluding tert-OH is 1. The first-order valence-electron chi connectivity index (χ1n) is 7.11. The van der Waals surface area contributed by atoms with Crippen molar-refractivity contribution in [3.8, 4) is 0 Å². The Labute approximate surface area is 117 Å². The van der Waals surface area contributed by atoms with Gasteiger partial charge in [0.05, 0.1) is 6.61 Å². The minimum atomic E-state index is -0.159. The Balaban J connectivity index is 2.61. The van der Waals surface area contributed by atoms with Crippen LogP contribution in [0.3, 0.4) is 0 Å². The Morgan fingerprint density at radius 3 is 2.42 bits per heavy atom. The van der Waals surface area contributed by atoms with Crippen molar-refractivity contribution in [3.63, 3.8) is 0 Å². The zero-order valence-corrected chi connectivity index (χ0v) is 12.7. The number of nitrogens with zero attached hydrogens (tertiary/aromatic N) is 1. The van der Waals surface area contributed by atoms with Crippen LogP contribution in [0.25, 0.3) is 0 Å². The van der Waals surface area contributed by atoms with Crippen molar-refractivity contribution in [1.82, 2.24) is 10.2 Å². The number of likely N-dealkylation sites (N-methyl/N-ethyl adjacent to an activating group) is 1. The maximum absolute atomic E-state index is 9.39. The Bertz CT molecular complexity index is 351. The van der Waals surface area contributed by atoms with Gasteiger partial charge in [0.2, 0.25) is 0 Å². The van der Waals surface area contributed by atoms with Gasteiger partial charge in [0, 0.05) is 18.1 Å². The summed E-state index contributed by atoms with van der Waals surface area (Å²) in [6, 6.07) is 10.9. The molecular formula is C16H28N2O. The molecule has 0 saturated heterocycles. The molecule has 3 nitrogen and oxygen atoms in total. The van der Waals surface area contributed by atoms with Gasteiger partial charge in [-0.15, -0.1) is 0 Å². The smallest absolute Gasteiger partial charge is 0.0609 e. The summed E-state index contributed by atoms with van der Waals surface area (Å²) in [4.78, 5) is 2.22. The van der Waals surface area contributed by atoms with Gasteiger partial charge in [0.25, 0.3) is 0 Å². The normalized spacial score (nSPS) is 13.8. The summed E-state index contributed by atoms with van der Waals surface area (Å²) in [5, 5.41) is 12.9. The van der Waals surface area contributed by atoms with Crippen LogP contribution in [0.2, 0.25) is 0 Å². The molecule has 3 heteroatoms. The minimum absolute atomic E-state index is 0.159. The highest BCUT2D eigenvalue weighted by Crippen LogP contribution is 2.19. The van der Waals surface area contributed by atoms with E-state index in [1.165, 1.54) is 5.56 Å². The fourth-order valence-electron chi connectivity index (χ4n) is 2.06. The third kappa shape index (κ3) is 4.94. The maximum Gasteiger partial charge on any atom is 0.0609 e. The Hall–Kier alpha value is -0.900. The van der Waals surface area contributed by atoms with Crippen LogP contribution in [0.15, 0.2) is 30.3 Å². The molecule has 0 aliphatic rings. The predicted molar refractivity (Wildman–Crippen MR) is 81.3 cm³/mol. The van der Waals surface area contributed by atoms with Crippen molar-refractivity contribution in [2.24, 2.45) is 0 Å². The third-order valence-corrected chi connectivity index (χ3v) is 3.83. The predicted octanol–water partition coefficient (Wildman–Crippen LogP) is 2.43. The van der Waals surface area contributed by atoms with Crippen LogP contribution in [0.5, 0.6) is 0 Å². The molecule has 1 aromatic carbocycles. The molecule has 0 saturated carbocycles. The van der Waals surface area contributed by atoms with E-state index in [1.54, 1.807) is 0 Å². The zero-order chi connectivity index (χ0) is 14.3. The summed E-state index contributed by atoms with van der Waals surface area (Å²) in [7, 11) is 2.07. The quantitative estimate of drug-likeness (QED) is 0.757. The molecule has 0 fully saturated rings. The van der Waals surface area contributed by atoms with E-state index in [4.69, 9.17) is 0 Å². The number of rotatable bonds is 8. The van der Waals surface area contributed by atoms with Gasteiger partial charge in [-0.1, -0.05) is 37.3 Å². The van der Waals surface area contributed by atoms with Crippen LogP contribution in [0, 0.1) is 0 Å². The summed E-state index contributed by atoms with van der Waals surface area (Å²) < 4.78 is 0. The molecule has 0 spiro atoms. The van der Waals surface area contributed by atoms with E-state index in [2.05, 4.69) is 62.3 Å². The van der Waals surface area contributed by atoms with E-state index < -0.39 is 0 Å². The zero-order valence-electron chi connectivity index (χ0n) is 12.7. The molecule has 0 amide bonds. The van der Waals surface area contributed by atoms with Gasteiger partial charge in [-0.3, -0.25) is 4.90 Å². The summed E-state index contributed by atoms with van der Waals surface area (Å²) in [5.41, 5.74) is 1.17. The maximum atomic E-state index is 9.39. The molecular weight excluding hydrogens is 236 g/mol. The number of benzene rings is 1. The van der Waals surface area contributed by atoms with Crippen LogP contribution < -0.4 is 5.32 Å². The molecule has 2 N–H and O–H groups in total. The molecule has 1 rings (SSSR count). The van der Waals surface area contributed by atoms with E-state index in [-0.39, 0.29) is 12.1 Å². The fourth-order valence-corrected chi connectivity index (χ4v) is 2.06. The topological polar surface area (TPSA) is 35.5 Å². The first-order chi connectivity index (χ1) is 9.01. The SMILES string of the molecule is CCNC(CCN(C)C(C)(C)CO)c1ccccc1. The van der Waals surface area contributed by atoms with Crippen LogP contribution in [0.4, 0.5) is 0 Å². The summed E-state index contributed by atoms with van der Waals surface area (Å²) in [6.45, 7) is 8.38. The number of hydrogen-bond acceptors (Lipinski definition) is 3. The summed E-state index contributed by atoms with van der Waals surface area (Å²) in [6.07, 6.45) is 1.04. The lowest BCUT2D eigenvalue weighted by Crippen LogP contribution is -2.45. The Morgan fingerprint density at radius 1 is 1.26 bits per heavy atom. The van der Waals surface area contributed by atoms with Crippen molar-refractivity contribution in [2.75, 3.05) is 26.7 Å². The first kappa shape index (κ1) is 16.2. The molecule has 0 aliphatic heterocycles. The van der Waals surface area contributed by atoms with Crippen LogP contribution >= 0.6 is 0 Å². The van der Waals surface area contributed by atoms with E-state index in [1.807, 2.05) is 6.07 Å². The van der Waals surface area contributed by atoms with Gasteiger partial charge in [0.15, 0.2) is 0 Å². The summed E-state index contributed by atoms with van der Waals surface area (Å²) in [5.74, 6) is 0. The molecule has 1 atom stereocenters. The molecule has 108 valence electrons. The highest BCUT2D eigenvalue weighted by Gasteiger charge is 2.23. The van der Waals surface area contributed by atoms with Gasteiger partial charge < -0.3 is 10.4 Å². The molecule has 0 heterocycles. The van der Waals surface area contributed by atoms with E-state index in [0.717, 1.165) is 19.5 Å². The van der Waals surface area contributed by atoms with Crippen LogP contribution in [-0.2, 0) is 0 Å². The highest BCUT2D eigenvalue weighted by atomic mass is 16.3. The van der Waals surface area contributed by atoms with Crippen molar-refractivity contribution in [1.29, 1.82) is 0 Å². The molecule has 0 bridgehead atoms. The summed E-state index contributed by atoms with van der Waals surface area (Å²) >= 11 is 0. The molecule has 1 aromatic rings. The Kier molecular flexibility index (Phi) is 6.49. The monoisotopic (exact) mass is 264 g/mol. The molecule has 0 aromatic heterocycles. The average molecular weight is 264 g/mol. The van der Waals surface area contributed by atoms with Crippen molar-refractivity contribution in [3.05, 3.63) is 35.9 Å². The van der Waals surface area contributed by atoms with Gasteiger partial charge in [-0.05, 0) is 39.4 Å². The second-order valence-corrected chi connectivity index (χ2v) is 5.70. The Morgan fingerprint density at radius 2 is 1.89 bits per heavy atom. The largest absolute Gasteiger partial charge is 0.394 e. The standard InChI is InChI=1S/C16H28N2O/c1-5-17-15(14-9-7-6-8-10-14)11-12-18(4)16(2,3)13-19/h6-10,15,17,19H,5,11-13H2,1-4H3. The van der Waals surface area contributed by atoms with Crippen LogP contribution in [-0.4, -0.2) is 42.3 Å². The lowest BCUT2D eigenvalue weighted by Gasteiger charge is -2.35. The minimum Gasteiger partial charge on any atom is -0.394 e. The molecule has 1 unspecified atom stereocenters. The number of aliphatic hydroxyl groups is 1. The van der Waals surface area contributed by atoms with Gasteiger partial charge in [-0.25, -0.2) is 0 Å². The lowest BCUT2D eigenvalue weighted by molar-refractivity contribution is 0.0758. The van der Waals surface area contributed by atoms with E-state index in [9.17, 15) is 5.11 Å². The van der Waals surface area contributed by atoms with Crippen LogP contribution in [0.1, 0.15) is 38.8 Å². The molecule has 0 aliphatic carbocycles. The molecule has 19 heavy (non-hydrogen) atoms.